The van der Waals surface area contributed by atoms with Crippen LogP contribution < -0.4 is 10.6 Å². The number of hydrogen-bond acceptors (Lipinski definition) is 4. The summed E-state index contributed by atoms with van der Waals surface area (Å²) in [4.78, 5) is 5.31. The van der Waals surface area contributed by atoms with Crippen LogP contribution in [0.25, 0.3) is 76.2 Å². The fraction of sp³-hybridized carbons (Fsp3) is 0.0408. The Morgan fingerprint density at radius 3 is 2.04 bits per heavy atom. The molecule has 0 bridgehead atoms. The van der Waals surface area contributed by atoms with Gasteiger partial charge in [0, 0.05) is 27.4 Å². The number of aliphatic imine (C=N–C) groups is 1. The van der Waals surface area contributed by atoms with Crippen LogP contribution in [0.15, 0.2) is 179 Å². The molecule has 9 aromatic carbocycles. The molecule has 2 atom stereocenters. The summed E-state index contributed by atoms with van der Waals surface area (Å²) in [6.07, 6.45) is -0.438. The van der Waals surface area contributed by atoms with E-state index in [0.29, 0.717) is 5.02 Å². The second-order valence-electron chi connectivity index (χ2n) is 14.2. The zero-order chi connectivity index (χ0) is 35.8. The topological polar surface area (TPSA) is 49.6 Å². The molecule has 2 heterocycles. The van der Waals surface area contributed by atoms with E-state index in [1.54, 1.807) is 0 Å². The molecule has 2 N–H and O–H groups in total. The van der Waals surface area contributed by atoms with E-state index in [2.05, 4.69) is 150 Å². The Labute approximate surface area is 316 Å². The van der Waals surface area contributed by atoms with Crippen LogP contribution in [-0.4, -0.2) is 5.84 Å². The van der Waals surface area contributed by atoms with Crippen molar-refractivity contribution in [3.05, 3.63) is 192 Å². The predicted octanol–water partition coefficient (Wildman–Crippen LogP) is 12.9. The Morgan fingerprint density at radius 2 is 1.11 bits per heavy atom. The molecule has 0 spiro atoms. The second kappa shape index (κ2) is 12.3. The van der Waals surface area contributed by atoms with E-state index in [1.807, 2.05) is 30.3 Å². The van der Waals surface area contributed by atoms with Gasteiger partial charge in [-0.3, -0.25) is 5.32 Å². The van der Waals surface area contributed by atoms with Crippen LogP contribution in [0.1, 0.15) is 29.0 Å². The largest absolute Gasteiger partial charge is 0.456 e. The molecule has 10 aromatic rings. The van der Waals surface area contributed by atoms with Crippen molar-refractivity contribution in [1.82, 2.24) is 10.6 Å². The summed E-state index contributed by atoms with van der Waals surface area (Å²) in [5, 5.41) is 20.1. The van der Waals surface area contributed by atoms with Crippen LogP contribution >= 0.6 is 11.6 Å². The normalized spacial score (nSPS) is 16.1. The number of rotatable bonds is 4. The number of hydrogen-bond donors (Lipinski definition) is 2. The van der Waals surface area contributed by atoms with Crippen LogP contribution in [0.4, 0.5) is 0 Å². The number of benzene rings is 9. The lowest BCUT2D eigenvalue weighted by Crippen LogP contribution is -2.44. The summed E-state index contributed by atoms with van der Waals surface area (Å²) in [5.41, 5.74) is 7.11. The number of halogens is 1. The number of fused-ring (bicyclic) bond motifs is 8. The molecule has 1 aliphatic heterocycles. The van der Waals surface area contributed by atoms with Crippen molar-refractivity contribution < 1.29 is 4.42 Å². The first kappa shape index (κ1) is 31.1. The van der Waals surface area contributed by atoms with E-state index in [9.17, 15) is 0 Å². The molecule has 5 heteroatoms. The van der Waals surface area contributed by atoms with Gasteiger partial charge < -0.3 is 9.73 Å². The maximum absolute atomic E-state index is 6.64. The number of nitrogens with zero attached hydrogens (tertiary/aromatic N) is 1. The molecule has 0 amide bonds. The van der Waals surface area contributed by atoms with Gasteiger partial charge in [-0.25, -0.2) is 4.99 Å². The van der Waals surface area contributed by atoms with Gasteiger partial charge in [0.15, 0.2) is 0 Å². The Kier molecular flexibility index (Phi) is 7.09. The first-order valence-electron chi connectivity index (χ1n) is 18.3. The van der Waals surface area contributed by atoms with Crippen LogP contribution in [0.5, 0.6) is 0 Å². The van der Waals surface area contributed by atoms with E-state index in [1.165, 1.54) is 32.3 Å². The molecular weight excluding hydrogens is 682 g/mol. The highest BCUT2D eigenvalue weighted by molar-refractivity contribution is 6.32. The highest BCUT2D eigenvalue weighted by Gasteiger charge is 2.26. The molecule has 0 radical (unpaired) electrons. The fourth-order valence-corrected chi connectivity index (χ4v) is 8.45. The molecule has 11 rings (SSSR count). The van der Waals surface area contributed by atoms with Crippen LogP contribution in [0.3, 0.4) is 0 Å². The summed E-state index contributed by atoms with van der Waals surface area (Å²) in [6, 6.07) is 60.2. The smallest absolute Gasteiger partial charge is 0.137 e. The zero-order valence-electron chi connectivity index (χ0n) is 29.1. The number of amidine groups is 1. The third-order valence-corrected chi connectivity index (χ3v) is 11.1. The maximum Gasteiger partial charge on any atom is 0.137 e. The molecule has 54 heavy (non-hydrogen) atoms. The lowest BCUT2D eigenvalue weighted by molar-refractivity contribution is 0.409. The molecule has 1 aliphatic rings. The lowest BCUT2D eigenvalue weighted by Gasteiger charge is -2.32. The van der Waals surface area contributed by atoms with Crippen LogP contribution in [0, 0.1) is 0 Å². The van der Waals surface area contributed by atoms with E-state index in [0.717, 1.165) is 66.4 Å². The molecule has 256 valence electrons. The van der Waals surface area contributed by atoms with E-state index in [4.69, 9.17) is 21.0 Å². The Hall–Kier alpha value is -6.46. The van der Waals surface area contributed by atoms with Crippen molar-refractivity contribution >= 4 is 82.5 Å². The van der Waals surface area contributed by atoms with Gasteiger partial charge in [-0.05, 0) is 102 Å². The van der Waals surface area contributed by atoms with Crippen molar-refractivity contribution in [1.29, 1.82) is 0 Å². The van der Waals surface area contributed by atoms with Crippen molar-refractivity contribution in [3.8, 4) is 11.1 Å². The fourth-order valence-electron chi connectivity index (χ4n) is 8.25. The van der Waals surface area contributed by atoms with Crippen LogP contribution in [0.2, 0.25) is 5.02 Å². The first-order chi connectivity index (χ1) is 26.6. The average molecular weight is 714 g/mol. The Morgan fingerprint density at radius 1 is 0.481 bits per heavy atom. The van der Waals surface area contributed by atoms with Gasteiger partial charge in [0.25, 0.3) is 0 Å². The molecular formula is C49H32ClN3O. The molecule has 0 saturated heterocycles. The number of nitrogens with one attached hydrogen (secondary N) is 2. The van der Waals surface area contributed by atoms with E-state index < -0.39 is 0 Å². The minimum atomic E-state index is -0.253. The summed E-state index contributed by atoms with van der Waals surface area (Å²) < 4.78 is 6.20. The summed E-state index contributed by atoms with van der Waals surface area (Å²) in [7, 11) is 0. The second-order valence-corrected chi connectivity index (χ2v) is 14.6. The average Bonchev–Trinajstić information content (AvgIpc) is 3.60. The molecule has 0 fully saturated rings. The van der Waals surface area contributed by atoms with E-state index in [-0.39, 0.29) is 12.3 Å². The summed E-state index contributed by atoms with van der Waals surface area (Å²) >= 11 is 6.64. The van der Waals surface area contributed by atoms with Crippen molar-refractivity contribution in [2.75, 3.05) is 0 Å². The standard InChI is InChI=1S/C49H32ClN3O/c50-39-27-43(46-42-11-5-6-12-44(42)54-45(46)28-39)35-18-15-33-25-37(20-16-32(33)23-35)48-51-47(36-19-13-29-7-1-2-9-31(29)24-36)52-49(53-48)38-21-22-41-34(26-38)17-14-30-8-3-4-10-40(30)41/h1-28,47-48,51H,(H,52,53). The quantitative estimate of drug-likeness (QED) is 0.179. The number of para-hydroxylation sites is 1. The Bertz CT molecular complexity index is 3160. The van der Waals surface area contributed by atoms with Crippen LogP contribution in [-0.2, 0) is 0 Å². The maximum atomic E-state index is 6.64. The highest BCUT2D eigenvalue weighted by Crippen LogP contribution is 2.40. The predicted molar refractivity (Wildman–Crippen MR) is 225 cm³/mol. The molecule has 0 aliphatic carbocycles. The van der Waals surface area contributed by atoms with Crippen molar-refractivity contribution in [3.63, 3.8) is 0 Å². The molecule has 4 nitrogen and oxygen atoms in total. The molecule has 1 aromatic heterocycles. The monoisotopic (exact) mass is 713 g/mol. The van der Waals surface area contributed by atoms with Gasteiger partial charge in [0.1, 0.15) is 29.3 Å². The number of furan rings is 1. The third-order valence-electron chi connectivity index (χ3n) is 10.9. The summed E-state index contributed by atoms with van der Waals surface area (Å²) in [5.74, 6) is 0.861. The van der Waals surface area contributed by atoms with Crippen molar-refractivity contribution in [2.45, 2.75) is 12.3 Å². The zero-order valence-corrected chi connectivity index (χ0v) is 29.8. The molecule has 0 saturated carbocycles. The molecule has 2 unspecified atom stereocenters. The van der Waals surface area contributed by atoms with Gasteiger partial charge in [0.05, 0.1) is 0 Å². The van der Waals surface area contributed by atoms with Gasteiger partial charge in [0.2, 0.25) is 0 Å². The first-order valence-corrected chi connectivity index (χ1v) is 18.6. The Balaban J connectivity index is 0.992. The van der Waals surface area contributed by atoms with Crippen molar-refractivity contribution in [2.24, 2.45) is 4.99 Å². The van der Waals surface area contributed by atoms with Gasteiger partial charge >= 0.3 is 0 Å². The summed E-state index contributed by atoms with van der Waals surface area (Å²) in [6.45, 7) is 0. The minimum absolute atomic E-state index is 0.185. The van der Waals surface area contributed by atoms with Gasteiger partial charge in [-0.1, -0.05) is 139 Å². The van der Waals surface area contributed by atoms with Gasteiger partial charge in [-0.2, -0.15) is 0 Å². The third kappa shape index (κ3) is 5.22. The van der Waals surface area contributed by atoms with E-state index >= 15 is 0 Å². The lowest BCUT2D eigenvalue weighted by atomic mass is 9.96. The minimum Gasteiger partial charge on any atom is -0.456 e. The van der Waals surface area contributed by atoms with Gasteiger partial charge in [-0.15, -0.1) is 0 Å². The highest BCUT2D eigenvalue weighted by atomic mass is 35.5. The SMILES string of the molecule is Clc1cc(-c2ccc3cc(C4NC(c5ccc6c(ccc7ccccc76)c5)=NC(c5ccc6ccccc6c5)N4)ccc3c2)c2c(c1)oc1ccccc12.